The van der Waals surface area contributed by atoms with Crippen molar-refractivity contribution in [3.63, 3.8) is 0 Å². The van der Waals surface area contributed by atoms with Crippen LogP contribution in [0.15, 0.2) is 23.1 Å². The third-order valence-electron chi connectivity index (χ3n) is 5.09. The van der Waals surface area contributed by atoms with Gasteiger partial charge in [0, 0.05) is 12.1 Å². The molecule has 3 N–H and O–H groups in total. The molecule has 1 aromatic carbocycles. The molecule has 0 radical (unpaired) electrons. The standard InChI is InChI=1S/C16H22N2O4S/c1-22-14-5-4-13(9-15(14)23(17,20)21)18-16(19)8-12-7-10-2-3-11(12)6-10/h4-5,9-12H,2-3,6-8H2,1H3,(H,18,19)(H2,17,20,21)/t10-,11-,12-/m1/s1. The van der Waals surface area contributed by atoms with Crippen LogP contribution in [-0.4, -0.2) is 21.4 Å². The molecule has 23 heavy (non-hydrogen) atoms. The smallest absolute Gasteiger partial charge is 0.241 e. The van der Waals surface area contributed by atoms with Crippen molar-refractivity contribution in [1.29, 1.82) is 0 Å². The van der Waals surface area contributed by atoms with Crippen LogP contribution < -0.4 is 15.2 Å². The summed E-state index contributed by atoms with van der Waals surface area (Å²) in [6, 6.07) is 4.45. The number of benzene rings is 1. The molecule has 2 saturated carbocycles. The van der Waals surface area contributed by atoms with Gasteiger partial charge < -0.3 is 10.1 Å². The van der Waals surface area contributed by atoms with E-state index in [0.29, 0.717) is 23.9 Å². The van der Waals surface area contributed by atoms with Crippen molar-refractivity contribution in [3.8, 4) is 5.75 Å². The largest absolute Gasteiger partial charge is 0.495 e. The number of carbonyl (C=O) groups is 1. The zero-order valence-electron chi connectivity index (χ0n) is 13.1. The number of sulfonamides is 1. The normalized spacial score (nSPS) is 26.3. The number of fused-ring (bicyclic) bond motifs is 2. The first kappa shape index (κ1) is 16.3. The third-order valence-corrected chi connectivity index (χ3v) is 6.02. The summed E-state index contributed by atoms with van der Waals surface area (Å²) in [7, 11) is -2.54. The molecule has 0 aromatic heterocycles. The number of hydrogen-bond donors (Lipinski definition) is 2. The maximum atomic E-state index is 12.2. The van der Waals surface area contributed by atoms with Crippen LogP contribution in [0, 0.1) is 17.8 Å². The molecule has 0 unspecified atom stereocenters. The average molecular weight is 338 g/mol. The quantitative estimate of drug-likeness (QED) is 0.859. The first-order valence-corrected chi connectivity index (χ1v) is 9.42. The van der Waals surface area contributed by atoms with E-state index in [1.165, 1.54) is 38.5 Å². The zero-order chi connectivity index (χ0) is 16.6. The number of nitrogens with two attached hydrogens (primary N) is 1. The molecule has 1 aromatic rings. The molecule has 2 aliphatic carbocycles. The van der Waals surface area contributed by atoms with Gasteiger partial charge in [0.25, 0.3) is 0 Å². The van der Waals surface area contributed by atoms with Crippen molar-refractivity contribution in [3.05, 3.63) is 18.2 Å². The number of primary sulfonamides is 1. The van der Waals surface area contributed by atoms with Crippen LogP contribution >= 0.6 is 0 Å². The lowest BCUT2D eigenvalue weighted by molar-refractivity contribution is -0.117. The van der Waals surface area contributed by atoms with Gasteiger partial charge >= 0.3 is 0 Å². The van der Waals surface area contributed by atoms with Crippen molar-refractivity contribution in [2.75, 3.05) is 12.4 Å². The van der Waals surface area contributed by atoms with E-state index in [-0.39, 0.29) is 16.6 Å². The Kier molecular flexibility index (Phi) is 4.33. The second-order valence-electron chi connectivity index (χ2n) is 6.60. The molecular formula is C16H22N2O4S. The maximum Gasteiger partial charge on any atom is 0.241 e. The van der Waals surface area contributed by atoms with Gasteiger partial charge in [-0.25, -0.2) is 13.6 Å². The lowest BCUT2D eigenvalue weighted by Gasteiger charge is -2.21. The Morgan fingerprint density at radius 2 is 2.13 bits per heavy atom. The van der Waals surface area contributed by atoms with Gasteiger partial charge in [-0.05, 0) is 55.2 Å². The van der Waals surface area contributed by atoms with Gasteiger partial charge in [0.2, 0.25) is 15.9 Å². The highest BCUT2D eigenvalue weighted by Crippen LogP contribution is 2.49. The van der Waals surface area contributed by atoms with E-state index in [0.717, 1.165) is 12.3 Å². The summed E-state index contributed by atoms with van der Waals surface area (Å²) in [5, 5.41) is 7.96. The highest BCUT2D eigenvalue weighted by Gasteiger charge is 2.40. The first-order chi connectivity index (χ1) is 10.9. The minimum Gasteiger partial charge on any atom is -0.495 e. The molecule has 7 heteroatoms. The fourth-order valence-electron chi connectivity index (χ4n) is 4.05. The van der Waals surface area contributed by atoms with E-state index in [2.05, 4.69) is 5.32 Å². The van der Waals surface area contributed by atoms with E-state index >= 15 is 0 Å². The zero-order valence-corrected chi connectivity index (χ0v) is 13.9. The van der Waals surface area contributed by atoms with Crippen LogP contribution in [0.4, 0.5) is 5.69 Å². The van der Waals surface area contributed by atoms with Crippen molar-refractivity contribution in [1.82, 2.24) is 0 Å². The summed E-state index contributed by atoms with van der Waals surface area (Å²) in [5.74, 6) is 2.03. The van der Waals surface area contributed by atoms with Crippen LogP contribution in [0.5, 0.6) is 5.75 Å². The maximum absolute atomic E-state index is 12.2. The summed E-state index contributed by atoms with van der Waals surface area (Å²) in [6.07, 6.45) is 5.44. The lowest BCUT2D eigenvalue weighted by atomic mass is 9.86. The molecule has 3 rings (SSSR count). The van der Waals surface area contributed by atoms with Crippen molar-refractivity contribution < 1.29 is 17.9 Å². The number of carbonyl (C=O) groups excluding carboxylic acids is 1. The number of amides is 1. The summed E-state index contributed by atoms with van der Waals surface area (Å²) < 4.78 is 28.2. The Morgan fingerprint density at radius 1 is 1.35 bits per heavy atom. The molecule has 2 fully saturated rings. The third kappa shape index (κ3) is 3.50. The van der Waals surface area contributed by atoms with E-state index in [4.69, 9.17) is 9.88 Å². The Morgan fingerprint density at radius 3 is 2.70 bits per heavy atom. The monoisotopic (exact) mass is 338 g/mol. The molecule has 126 valence electrons. The van der Waals surface area contributed by atoms with Crippen LogP contribution in [0.2, 0.25) is 0 Å². The number of nitrogens with one attached hydrogen (secondary N) is 1. The van der Waals surface area contributed by atoms with Gasteiger partial charge in [0.15, 0.2) is 0 Å². The van der Waals surface area contributed by atoms with E-state index < -0.39 is 10.0 Å². The SMILES string of the molecule is COc1ccc(NC(=O)C[C@H]2C[C@@H]3CC[C@@H]2C3)cc1S(N)(=O)=O. The van der Waals surface area contributed by atoms with Crippen LogP contribution in [0.25, 0.3) is 0 Å². The fourth-order valence-corrected chi connectivity index (χ4v) is 4.78. The molecule has 2 bridgehead atoms. The number of anilines is 1. The molecule has 0 heterocycles. The average Bonchev–Trinajstić information content (AvgIpc) is 3.08. The Bertz CT molecular complexity index is 717. The van der Waals surface area contributed by atoms with Gasteiger partial charge in [0.1, 0.15) is 10.6 Å². The Hall–Kier alpha value is -1.60. The van der Waals surface area contributed by atoms with Gasteiger partial charge in [0.05, 0.1) is 7.11 Å². The lowest BCUT2D eigenvalue weighted by Crippen LogP contribution is -2.20. The predicted octanol–water partition coefficient (Wildman–Crippen LogP) is 2.11. The topological polar surface area (TPSA) is 98.5 Å². The molecule has 3 atom stereocenters. The number of ether oxygens (including phenoxy) is 1. The molecule has 2 aliphatic rings. The van der Waals surface area contributed by atoms with Gasteiger partial charge in [-0.3, -0.25) is 4.79 Å². The molecular weight excluding hydrogens is 316 g/mol. The van der Waals surface area contributed by atoms with Crippen LogP contribution in [0.1, 0.15) is 32.1 Å². The molecule has 6 nitrogen and oxygen atoms in total. The van der Waals surface area contributed by atoms with Crippen LogP contribution in [0.3, 0.4) is 0 Å². The summed E-state index contributed by atoms with van der Waals surface area (Å²) in [6.45, 7) is 0. The number of rotatable bonds is 5. The second-order valence-corrected chi connectivity index (χ2v) is 8.13. The van der Waals surface area contributed by atoms with Gasteiger partial charge in [-0.2, -0.15) is 0 Å². The summed E-state index contributed by atoms with van der Waals surface area (Å²) in [5.41, 5.74) is 0.419. The Balaban J connectivity index is 1.69. The number of hydrogen-bond acceptors (Lipinski definition) is 4. The highest BCUT2D eigenvalue weighted by molar-refractivity contribution is 7.89. The minimum atomic E-state index is -3.91. The predicted molar refractivity (Wildman–Crippen MR) is 86.6 cm³/mol. The Labute approximate surface area is 136 Å². The highest BCUT2D eigenvalue weighted by atomic mass is 32.2. The second kappa shape index (κ2) is 6.13. The molecule has 0 spiro atoms. The fraction of sp³-hybridized carbons (Fsp3) is 0.562. The number of methoxy groups -OCH3 is 1. The van der Waals surface area contributed by atoms with Crippen LogP contribution in [-0.2, 0) is 14.8 Å². The van der Waals surface area contributed by atoms with E-state index in [9.17, 15) is 13.2 Å². The summed E-state index contributed by atoms with van der Waals surface area (Å²) in [4.78, 5) is 12.1. The molecule has 0 aliphatic heterocycles. The van der Waals surface area contributed by atoms with E-state index in [1.807, 2.05) is 0 Å². The minimum absolute atomic E-state index is 0.0758. The molecule has 0 saturated heterocycles. The molecule has 1 amide bonds. The summed E-state index contributed by atoms with van der Waals surface area (Å²) >= 11 is 0. The van der Waals surface area contributed by atoms with Gasteiger partial charge in [-0.15, -0.1) is 0 Å². The van der Waals surface area contributed by atoms with Crippen molar-refractivity contribution in [2.24, 2.45) is 22.9 Å². The van der Waals surface area contributed by atoms with Crippen molar-refractivity contribution >= 4 is 21.6 Å². The van der Waals surface area contributed by atoms with Gasteiger partial charge in [-0.1, -0.05) is 6.42 Å². The van der Waals surface area contributed by atoms with Crippen molar-refractivity contribution in [2.45, 2.75) is 37.0 Å². The first-order valence-electron chi connectivity index (χ1n) is 7.87. The van der Waals surface area contributed by atoms with E-state index in [1.54, 1.807) is 6.07 Å².